The molecular formula is C12H21N3O2. The molecule has 0 aliphatic rings. The Hall–Kier alpha value is -1.23. The van der Waals surface area contributed by atoms with Crippen LogP contribution in [-0.2, 0) is 17.6 Å². The third kappa shape index (κ3) is 5.58. The van der Waals surface area contributed by atoms with Gasteiger partial charge in [-0.2, -0.15) is 4.98 Å². The van der Waals surface area contributed by atoms with Crippen molar-refractivity contribution in [3.63, 3.8) is 0 Å². The molecule has 0 fully saturated rings. The number of carbonyl (C=O) groups is 1. The van der Waals surface area contributed by atoms with E-state index in [2.05, 4.69) is 15.0 Å². The third-order valence-electron chi connectivity index (χ3n) is 2.28. The summed E-state index contributed by atoms with van der Waals surface area (Å²) in [5.74, 6) is 1.64. The van der Waals surface area contributed by atoms with Crippen LogP contribution in [0.25, 0.3) is 0 Å². The third-order valence-corrected chi connectivity index (χ3v) is 2.28. The number of likely N-dealkylation sites (N-methyl/N-ethyl adjacent to an activating group) is 1. The number of aromatic nitrogens is 2. The quantitative estimate of drug-likeness (QED) is 0.718. The fourth-order valence-corrected chi connectivity index (χ4v) is 1.48. The van der Waals surface area contributed by atoms with Gasteiger partial charge in [-0.15, -0.1) is 0 Å². The first-order valence-electron chi connectivity index (χ1n) is 5.95. The van der Waals surface area contributed by atoms with Crippen molar-refractivity contribution in [2.75, 3.05) is 20.6 Å². The van der Waals surface area contributed by atoms with E-state index in [4.69, 9.17) is 4.52 Å². The molecule has 17 heavy (non-hydrogen) atoms. The summed E-state index contributed by atoms with van der Waals surface area (Å²) >= 11 is 0. The van der Waals surface area contributed by atoms with Gasteiger partial charge in [0.15, 0.2) is 5.82 Å². The van der Waals surface area contributed by atoms with Gasteiger partial charge < -0.3 is 9.42 Å². The van der Waals surface area contributed by atoms with Crippen LogP contribution in [0.15, 0.2) is 4.52 Å². The van der Waals surface area contributed by atoms with Crippen LogP contribution in [-0.4, -0.2) is 41.5 Å². The predicted octanol–water partition coefficient (Wildman–Crippen LogP) is 1.33. The monoisotopic (exact) mass is 239 g/mol. The van der Waals surface area contributed by atoms with E-state index in [0.717, 1.165) is 13.0 Å². The van der Waals surface area contributed by atoms with E-state index in [1.165, 1.54) is 0 Å². The highest BCUT2D eigenvalue weighted by molar-refractivity contribution is 5.80. The minimum atomic E-state index is 0.155. The highest BCUT2D eigenvalue weighted by Crippen LogP contribution is 2.06. The highest BCUT2D eigenvalue weighted by atomic mass is 16.5. The molecule has 0 bridgehead atoms. The first-order valence-corrected chi connectivity index (χ1v) is 5.95. The summed E-state index contributed by atoms with van der Waals surface area (Å²) in [4.78, 5) is 17.8. The summed E-state index contributed by atoms with van der Waals surface area (Å²) in [6.07, 6.45) is 1.57. The Morgan fingerprint density at radius 2 is 2.12 bits per heavy atom. The predicted molar refractivity (Wildman–Crippen MR) is 64.7 cm³/mol. The average molecular weight is 239 g/mol. The van der Waals surface area contributed by atoms with E-state index < -0.39 is 0 Å². The molecule has 0 radical (unpaired) electrons. The minimum absolute atomic E-state index is 0.155. The average Bonchev–Trinajstić information content (AvgIpc) is 2.61. The lowest BCUT2D eigenvalue weighted by molar-refractivity contribution is -0.119. The number of Topliss-reactive ketones (excluding diaryl/α,β-unsaturated/α-hetero) is 1. The minimum Gasteiger partial charge on any atom is -0.339 e. The fraction of sp³-hybridized carbons (Fsp3) is 0.750. The van der Waals surface area contributed by atoms with E-state index in [1.54, 1.807) is 0 Å². The summed E-state index contributed by atoms with van der Waals surface area (Å²) < 4.78 is 5.05. The van der Waals surface area contributed by atoms with Crippen LogP contribution >= 0.6 is 0 Å². The molecule has 1 aromatic rings. The van der Waals surface area contributed by atoms with Crippen molar-refractivity contribution in [3.05, 3.63) is 11.7 Å². The smallest absolute Gasteiger partial charge is 0.234 e. The molecule has 0 unspecified atom stereocenters. The molecule has 5 nitrogen and oxygen atoms in total. The van der Waals surface area contributed by atoms with Gasteiger partial charge in [0.1, 0.15) is 5.78 Å². The van der Waals surface area contributed by atoms with Crippen molar-refractivity contribution < 1.29 is 9.32 Å². The van der Waals surface area contributed by atoms with E-state index in [9.17, 15) is 4.79 Å². The molecule has 1 heterocycles. The van der Waals surface area contributed by atoms with Gasteiger partial charge in [-0.3, -0.25) is 4.79 Å². The van der Waals surface area contributed by atoms with Crippen LogP contribution < -0.4 is 0 Å². The Labute approximate surface area is 102 Å². The standard InChI is InChI=1S/C12H21N3O2/c1-9(2)7-10(16)8-12-13-11(14-17-12)5-6-15(3)4/h9H,5-8H2,1-4H3. The lowest BCUT2D eigenvalue weighted by Gasteiger charge is -2.05. The van der Waals surface area contributed by atoms with Crippen LogP contribution in [0.4, 0.5) is 0 Å². The summed E-state index contributed by atoms with van der Waals surface area (Å²) in [5.41, 5.74) is 0. The van der Waals surface area contributed by atoms with Crippen molar-refractivity contribution >= 4 is 5.78 Å². The van der Waals surface area contributed by atoms with Gasteiger partial charge in [0.2, 0.25) is 5.89 Å². The van der Waals surface area contributed by atoms with Gasteiger partial charge in [0.25, 0.3) is 0 Å². The second-order valence-corrected chi connectivity index (χ2v) is 4.97. The number of ketones is 1. The molecule has 1 aromatic heterocycles. The molecule has 0 N–H and O–H groups in total. The first kappa shape index (κ1) is 13.8. The molecule has 5 heteroatoms. The van der Waals surface area contributed by atoms with Crippen molar-refractivity contribution in [1.29, 1.82) is 0 Å². The van der Waals surface area contributed by atoms with Crippen molar-refractivity contribution in [1.82, 2.24) is 15.0 Å². The zero-order valence-electron chi connectivity index (χ0n) is 11.1. The lowest BCUT2D eigenvalue weighted by Crippen LogP contribution is -2.15. The van der Waals surface area contributed by atoms with Gasteiger partial charge in [0, 0.05) is 19.4 Å². The molecule has 0 aliphatic carbocycles. The molecule has 0 saturated heterocycles. The second kappa shape index (κ2) is 6.49. The maximum absolute atomic E-state index is 11.6. The van der Waals surface area contributed by atoms with Gasteiger partial charge in [-0.1, -0.05) is 19.0 Å². The van der Waals surface area contributed by atoms with E-state index in [1.807, 2.05) is 27.9 Å². The molecule has 0 atom stereocenters. The van der Waals surface area contributed by atoms with Crippen LogP contribution in [0.3, 0.4) is 0 Å². The molecule has 0 aromatic carbocycles. The van der Waals surface area contributed by atoms with Gasteiger partial charge in [0.05, 0.1) is 6.42 Å². The van der Waals surface area contributed by atoms with Gasteiger partial charge in [-0.05, 0) is 20.0 Å². The maximum Gasteiger partial charge on any atom is 0.234 e. The number of carbonyl (C=O) groups excluding carboxylic acids is 1. The van der Waals surface area contributed by atoms with Crippen LogP contribution in [0.5, 0.6) is 0 Å². The number of rotatable bonds is 7. The Bertz CT molecular complexity index is 358. The SMILES string of the molecule is CC(C)CC(=O)Cc1nc(CCN(C)C)no1. The Kier molecular flexibility index (Phi) is 5.28. The van der Waals surface area contributed by atoms with Crippen molar-refractivity contribution in [2.45, 2.75) is 33.1 Å². The van der Waals surface area contributed by atoms with Gasteiger partial charge in [-0.25, -0.2) is 0 Å². The molecule has 1 rings (SSSR count). The Morgan fingerprint density at radius 3 is 2.71 bits per heavy atom. The molecular weight excluding hydrogens is 218 g/mol. The highest BCUT2D eigenvalue weighted by Gasteiger charge is 2.12. The summed E-state index contributed by atoms with van der Waals surface area (Å²) in [5, 5.41) is 3.86. The first-order chi connectivity index (χ1) is 7.97. The number of hydrogen-bond acceptors (Lipinski definition) is 5. The second-order valence-electron chi connectivity index (χ2n) is 4.97. The van der Waals surface area contributed by atoms with Crippen LogP contribution in [0.2, 0.25) is 0 Å². The van der Waals surface area contributed by atoms with E-state index in [0.29, 0.717) is 24.1 Å². The largest absolute Gasteiger partial charge is 0.339 e. The Balaban J connectivity index is 2.42. The van der Waals surface area contributed by atoms with Crippen molar-refractivity contribution in [3.8, 4) is 0 Å². The summed E-state index contributed by atoms with van der Waals surface area (Å²) in [6, 6.07) is 0. The van der Waals surface area contributed by atoms with Crippen molar-refractivity contribution in [2.24, 2.45) is 5.92 Å². The number of nitrogens with zero attached hydrogens (tertiary/aromatic N) is 3. The molecule has 0 aliphatic heterocycles. The zero-order chi connectivity index (χ0) is 12.8. The topological polar surface area (TPSA) is 59.2 Å². The fourth-order valence-electron chi connectivity index (χ4n) is 1.48. The number of hydrogen-bond donors (Lipinski definition) is 0. The van der Waals surface area contributed by atoms with Gasteiger partial charge >= 0.3 is 0 Å². The molecule has 0 amide bonds. The maximum atomic E-state index is 11.6. The molecule has 0 spiro atoms. The Morgan fingerprint density at radius 1 is 1.41 bits per heavy atom. The molecule has 0 saturated carbocycles. The zero-order valence-corrected chi connectivity index (χ0v) is 11.1. The lowest BCUT2D eigenvalue weighted by atomic mass is 10.1. The van der Waals surface area contributed by atoms with E-state index in [-0.39, 0.29) is 12.2 Å². The summed E-state index contributed by atoms with van der Waals surface area (Å²) in [6.45, 7) is 4.92. The van der Waals surface area contributed by atoms with E-state index >= 15 is 0 Å². The molecule has 96 valence electrons. The normalized spacial score (nSPS) is 11.4. The van der Waals surface area contributed by atoms with Crippen LogP contribution in [0, 0.1) is 5.92 Å². The summed E-state index contributed by atoms with van der Waals surface area (Å²) in [7, 11) is 3.99. The van der Waals surface area contributed by atoms with Crippen LogP contribution in [0.1, 0.15) is 32.0 Å².